The molecule has 18 heavy (non-hydrogen) atoms. The zero-order valence-electron chi connectivity index (χ0n) is 10.1. The van der Waals surface area contributed by atoms with Crippen molar-refractivity contribution in [3.8, 4) is 0 Å². The first-order valence-electron chi connectivity index (χ1n) is 6.01. The zero-order valence-corrected chi connectivity index (χ0v) is 10.1. The Kier molecular flexibility index (Phi) is 2.55. The third-order valence-corrected chi connectivity index (χ3v) is 3.53. The molecule has 1 saturated heterocycles. The largest absolute Gasteiger partial charge is 0.393 e. The second kappa shape index (κ2) is 4.09. The van der Waals surface area contributed by atoms with E-state index in [0.717, 1.165) is 25.3 Å². The van der Waals surface area contributed by atoms with Crippen molar-refractivity contribution in [2.75, 3.05) is 18.0 Å². The van der Waals surface area contributed by atoms with E-state index >= 15 is 0 Å². The fraction of sp³-hybridized carbons (Fsp3) is 0.545. The lowest BCUT2D eigenvalue weighted by Crippen LogP contribution is -2.24. The van der Waals surface area contributed by atoms with Gasteiger partial charge in [-0.2, -0.15) is 5.10 Å². The molecule has 7 nitrogen and oxygen atoms in total. The van der Waals surface area contributed by atoms with Crippen LogP contribution in [0.5, 0.6) is 0 Å². The Hall–Kier alpha value is -1.89. The lowest BCUT2D eigenvalue weighted by atomic mass is 10.0. The van der Waals surface area contributed by atoms with Crippen molar-refractivity contribution in [3.63, 3.8) is 0 Å². The molecule has 0 spiro atoms. The third-order valence-electron chi connectivity index (χ3n) is 3.53. The maximum absolute atomic E-state index is 11.3. The summed E-state index contributed by atoms with van der Waals surface area (Å²) in [5.41, 5.74) is 0.276. The number of aliphatic hydroxyl groups is 1. The minimum Gasteiger partial charge on any atom is -0.393 e. The van der Waals surface area contributed by atoms with Gasteiger partial charge in [0, 0.05) is 25.1 Å². The topological polar surface area (TPSA) is 86.5 Å². The summed E-state index contributed by atoms with van der Waals surface area (Å²) in [6.45, 7) is 3.47. The number of rotatable bonds is 2. The van der Waals surface area contributed by atoms with Crippen LogP contribution in [0.2, 0.25) is 0 Å². The Balaban J connectivity index is 1.89. The summed E-state index contributed by atoms with van der Waals surface area (Å²) in [5, 5.41) is 15.9. The molecule has 1 fully saturated rings. The number of H-pyrrole nitrogens is 1. The summed E-state index contributed by atoms with van der Waals surface area (Å²) in [5.74, 6) is 1.08. The van der Waals surface area contributed by atoms with Gasteiger partial charge < -0.3 is 10.0 Å². The van der Waals surface area contributed by atoms with Crippen LogP contribution in [0.25, 0.3) is 5.65 Å². The van der Waals surface area contributed by atoms with Crippen LogP contribution in [-0.2, 0) is 0 Å². The molecule has 0 aromatic carbocycles. The number of nitrogens with zero attached hydrogens (tertiary/aromatic N) is 4. The van der Waals surface area contributed by atoms with E-state index in [1.165, 1.54) is 10.7 Å². The van der Waals surface area contributed by atoms with Crippen molar-refractivity contribution in [2.45, 2.75) is 19.4 Å². The monoisotopic (exact) mass is 249 g/mol. The number of aromatic amines is 1. The summed E-state index contributed by atoms with van der Waals surface area (Å²) < 4.78 is 1.37. The molecule has 2 unspecified atom stereocenters. The lowest BCUT2D eigenvalue weighted by molar-refractivity contribution is 0.136. The highest BCUT2D eigenvalue weighted by molar-refractivity contribution is 5.50. The van der Waals surface area contributed by atoms with Crippen LogP contribution >= 0.6 is 0 Å². The highest BCUT2D eigenvalue weighted by atomic mass is 16.3. The number of aromatic nitrogens is 4. The molecule has 0 amide bonds. The van der Waals surface area contributed by atoms with Crippen molar-refractivity contribution in [1.29, 1.82) is 0 Å². The average Bonchev–Trinajstić information content (AvgIpc) is 2.96. The molecule has 96 valence electrons. The second-order valence-corrected chi connectivity index (χ2v) is 4.74. The Morgan fingerprint density at radius 2 is 2.44 bits per heavy atom. The first-order valence-corrected chi connectivity index (χ1v) is 6.01. The van der Waals surface area contributed by atoms with Gasteiger partial charge in [0.15, 0.2) is 5.65 Å². The molecule has 0 aliphatic carbocycles. The molecule has 0 bridgehead atoms. The van der Waals surface area contributed by atoms with Gasteiger partial charge in [0.2, 0.25) is 0 Å². The molecule has 7 heteroatoms. The molecule has 3 rings (SSSR count). The van der Waals surface area contributed by atoms with E-state index in [1.807, 2.05) is 6.92 Å². The van der Waals surface area contributed by atoms with Crippen LogP contribution in [0.3, 0.4) is 0 Å². The first-order chi connectivity index (χ1) is 8.65. The Bertz CT molecular complexity index is 617. The van der Waals surface area contributed by atoms with E-state index in [4.69, 9.17) is 0 Å². The number of fused-ring (bicyclic) bond motifs is 1. The van der Waals surface area contributed by atoms with E-state index in [0.29, 0.717) is 5.65 Å². The molecule has 2 N–H and O–H groups in total. The smallest absolute Gasteiger partial charge is 0.348 e. The standard InChI is InChI=1S/C11H15N5O2/c1-7(17)8-2-3-15(5-8)9-4-10-13-14-11(18)16(10)6-12-9/h4,6-8,17H,2-3,5H2,1H3,(H,14,18). The van der Waals surface area contributed by atoms with Gasteiger partial charge in [-0.05, 0) is 13.3 Å². The van der Waals surface area contributed by atoms with E-state index in [2.05, 4.69) is 20.1 Å². The van der Waals surface area contributed by atoms with E-state index in [9.17, 15) is 9.90 Å². The van der Waals surface area contributed by atoms with Crippen LogP contribution in [-0.4, -0.2) is 43.9 Å². The molecular weight excluding hydrogens is 234 g/mol. The fourth-order valence-electron chi connectivity index (χ4n) is 2.36. The first kappa shape index (κ1) is 11.2. The maximum atomic E-state index is 11.3. The highest BCUT2D eigenvalue weighted by Crippen LogP contribution is 2.24. The maximum Gasteiger partial charge on any atom is 0.348 e. The molecule has 3 heterocycles. The normalized spacial score (nSPS) is 21.7. The van der Waals surface area contributed by atoms with Crippen molar-refractivity contribution in [2.24, 2.45) is 5.92 Å². The fourth-order valence-corrected chi connectivity index (χ4v) is 2.36. The predicted octanol–water partition coefficient (Wildman–Crippen LogP) is -0.375. The van der Waals surface area contributed by atoms with Gasteiger partial charge in [-0.25, -0.2) is 19.3 Å². The predicted molar refractivity (Wildman–Crippen MR) is 65.6 cm³/mol. The molecule has 2 aromatic rings. The average molecular weight is 249 g/mol. The van der Waals surface area contributed by atoms with Crippen LogP contribution in [0, 0.1) is 5.92 Å². The Labute approximate surface area is 103 Å². The quantitative estimate of drug-likeness (QED) is 0.758. The van der Waals surface area contributed by atoms with Crippen LogP contribution < -0.4 is 10.6 Å². The minimum absolute atomic E-state index is 0.282. The molecule has 1 aliphatic heterocycles. The van der Waals surface area contributed by atoms with Crippen LogP contribution in [0.15, 0.2) is 17.2 Å². The zero-order chi connectivity index (χ0) is 12.7. The Morgan fingerprint density at radius 1 is 1.61 bits per heavy atom. The number of anilines is 1. The van der Waals surface area contributed by atoms with E-state index < -0.39 is 0 Å². The van der Waals surface area contributed by atoms with E-state index in [-0.39, 0.29) is 17.7 Å². The van der Waals surface area contributed by atoms with Gasteiger partial charge >= 0.3 is 5.69 Å². The number of hydrogen-bond donors (Lipinski definition) is 2. The van der Waals surface area contributed by atoms with Crippen molar-refractivity contribution >= 4 is 11.5 Å². The number of nitrogens with one attached hydrogen (secondary N) is 1. The Morgan fingerprint density at radius 3 is 3.17 bits per heavy atom. The van der Waals surface area contributed by atoms with Gasteiger partial charge in [0.05, 0.1) is 6.10 Å². The molecule has 0 saturated carbocycles. The molecule has 0 radical (unpaired) electrons. The highest BCUT2D eigenvalue weighted by Gasteiger charge is 2.26. The van der Waals surface area contributed by atoms with Gasteiger partial charge in [-0.3, -0.25) is 0 Å². The van der Waals surface area contributed by atoms with Gasteiger partial charge in [0.1, 0.15) is 12.1 Å². The van der Waals surface area contributed by atoms with Crippen LogP contribution in [0.1, 0.15) is 13.3 Å². The van der Waals surface area contributed by atoms with Gasteiger partial charge in [-0.15, -0.1) is 0 Å². The third kappa shape index (κ3) is 1.76. The summed E-state index contributed by atoms with van der Waals surface area (Å²) in [4.78, 5) is 17.7. The van der Waals surface area contributed by atoms with Crippen LogP contribution in [0.4, 0.5) is 5.82 Å². The summed E-state index contributed by atoms with van der Waals surface area (Å²) in [7, 11) is 0. The number of aliphatic hydroxyl groups excluding tert-OH is 1. The molecule has 2 atom stereocenters. The SMILES string of the molecule is CC(O)C1CCN(c2cc3n[nH]c(=O)n3cn2)C1. The lowest BCUT2D eigenvalue weighted by Gasteiger charge is -2.18. The van der Waals surface area contributed by atoms with E-state index in [1.54, 1.807) is 6.07 Å². The summed E-state index contributed by atoms with van der Waals surface area (Å²) in [6.07, 6.45) is 2.14. The van der Waals surface area contributed by atoms with Crippen molar-refractivity contribution in [3.05, 3.63) is 22.9 Å². The molecule has 1 aliphatic rings. The number of hydrogen-bond acceptors (Lipinski definition) is 5. The minimum atomic E-state index is -0.299. The van der Waals surface area contributed by atoms with Gasteiger partial charge in [-0.1, -0.05) is 0 Å². The molecule has 2 aromatic heterocycles. The molecular formula is C11H15N5O2. The van der Waals surface area contributed by atoms with Crippen molar-refractivity contribution in [1.82, 2.24) is 19.6 Å². The van der Waals surface area contributed by atoms with Gasteiger partial charge in [0.25, 0.3) is 0 Å². The summed E-state index contributed by atoms with van der Waals surface area (Å²) >= 11 is 0. The summed E-state index contributed by atoms with van der Waals surface area (Å²) in [6, 6.07) is 1.78. The second-order valence-electron chi connectivity index (χ2n) is 4.74. The van der Waals surface area contributed by atoms with Crippen molar-refractivity contribution < 1.29 is 5.11 Å².